The van der Waals surface area contributed by atoms with Crippen molar-refractivity contribution in [1.29, 1.82) is 0 Å². The largest absolute Gasteiger partial charge is 0.395 e. The lowest BCUT2D eigenvalue weighted by atomic mass is 10.4. The molecule has 7 heteroatoms. The molecule has 0 unspecified atom stereocenters. The summed E-state index contributed by atoms with van der Waals surface area (Å²) in [5, 5.41) is 10.6. The average Bonchev–Trinajstić information content (AvgIpc) is 2.89. The van der Waals surface area contributed by atoms with E-state index in [0.29, 0.717) is 18.0 Å². The van der Waals surface area contributed by atoms with Gasteiger partial charge in [-0.2, -0.15) is 0 Å². The van der Waals surface area contributed by atoms with Crippen LogP contribution in [0, 0.1) is 0 Å². The van der Waals surface area contributed by atoms with Gasteiger partial charge in [-0.1, -0.05) is 13.0 Å². The van der Waals surface area contributed by atoms with Crippen LogP contribution in [-0.2, 0) is 4.79 Å². The van der Waals surface area contributed by atoms with Gasteiger partial charge in [-0.05, 0) is 18.0 Å². The Morgan fingerprint density at radius 3 is 2.78 bits per heavy atom. The van der Waals surface area contributed by atoms with Crippen LogP contribution in [0.5, 0.6) is 0 Å². The normalized spacial score (nSPS) is 10.4. The summed E-state index contributed by atoms with van der Waals surface area (Å²) < 4.78 is 0. The van der Waals surface area contributed by atoms with Gasteiger partial charge < -0.3 is 5.11 Å². The highest BCUT2D eigenvalue weighted by Crippen LogP contribution is 2.06. The van der Waals surface area contributed by atoms with Crippen molar-refractivity contribution in [2.24, 2.45) is 0 Å². The molecule has 18 heavy (non-hydrogen) atoms. The molecule has 2 amide bonds. The van der Waals surface area contributed by atoms with Crippen molar-refractivity contribution in [3.63, 3.8) is 0 Å². The predicted octanol–water partition coefficient (Wildman–Crippen LogP) is -0.177. The molecule has 0 bridgehead atoms. The fourth-order valence-electron chi connectivity index (χ4n) is 1.33. The zero-order valence-electron chi connectivity index (χ0n) is 10.2. The minimum Gasteiger partial charge on any atom is -0.395 e. The van der Waals surface area contributed by atoms with Gasteiger partial charge in [0.15, 0.2) is 0 Å². The second kappa shape index (κ2) is 7.80. The number of nitrogens with one attached hydrogen (secondary N) is 2. The summed E-state index contributed by atoms with van der Waals surface area (Å²) in [5.74, 6) is -0.640. The second-order valence-corrected chi connectivity index (χ2v) is 4.52. The van der Waals surface area contributed by atoms with Crippen LogP contribution in [0.15, 0.2) is 17.5 Å². The van der Waals surface area contributed by atoms with E-state index in [2.05, 4.69) is 10.9 Å². The van der Waals surface area contributed by atoms with Crippen molar-refractivity contribution in [3.05, 3.63) is 22.4 Å². The van der Waals surface area contributed by atoms with E-state index >= 15 is 0 Å². The minimum absolute atomic E-state index is 0.00265. The van der Waals surface area contributed by atoms with E-state index < -0.39 is 0 Å². The van der Waals surface area contributed by atoms with Crippen LogP contribution in [0.3, 0.4) is 0 Å². The fourth-order valence-corrected chi connectivity index (χ4v) is 1.95. The van der Waals surface area contributed by atoms with Gasteiger partial charge in [0, 0.05) is 6.54 Å². The Balaban J connectivity index is 2.30. The van der Waals surface area contributed by atoms with Crippen LogP contribution >= 0.6 is 11.3 Å². The maximum Gasteiger partial charge on any atom is 0.279 e. The van der Waals surface area contributed by atoms with Gasteiger partial charge in [0.2, 0.25) is 0 Å². The zero-order chi connectivity index (χ0) is 13.4. The molecule has 0 aromatic carbocycles. The summed E-state index contributed by atoms with van der Waals surface area (Å²) in [6.07, 6.45) is 0. The standard InChI is InChI=1S/C11H17N3O3S/c1-2-14(5-6-15)8-10(16)12-13-11(17)9-4-3-7-18-9/h3-4,7,15H,2,5-6,8H2,1H3,(H,12,16)(H,13,17). The van der Waals surface area contributed by atoms with Gasteiger partial charge >= 0.3 is 0 Å². The zero-order valence-corrected chi connectivity index (χ0v) is 11.0. The highest BCUT2D eigenvalue weighted by molar-refractivity contribution is 7.12. The van der Waals surface area contributed by atoms with E-state index in [1.807, 2.05) is 6.92 Å². The number of nitrogens with zero attached hydrogens (tertiary/aromatic N) is 1. The van der Waals surface area contributed by atoms with Gasteiger partial charge in [-0.3, -0.25) is 25.3 Å². The molecule has 1 aromatic rings. The van der Waals surface area contributed by atoms with E-state index in [0.717, 1.165) is 0 Å². The Kier molecular flexibility index (Phi) is 6.34. The number of aliphatic hydroxyl groups is 1. The van der Waals surface area contributed by atoms with Gasteiger partial charge in [0.05, 0.1) is 18.0 Å². The molecule has 0 radical (unpaired) electrons. The van der Waals surface area contributed by atoms with Crippen LogP contribution in [0.1, 0.15) is 16.6 Å². The molecule has 0 aliphatic heterocycles. The second-order valence-electron chi connectivity index (χ2n) is 3.57. The van der Waals surface area contributed by atoms with Crippen molar-refractivity contribution >= 4 is 23.2 Å². The molecular weight excluding hydrogens is 254 g/mol. The first-order chi connectivity index (χ1) is 8.67. The number of hydrogen-bond donors (Lipinski definition) is 3. The average molecular weight is 271 g/mol. The molecule has 0 atom stereocenters. The SMILES string of the molecule is CCN(CCO)CC(=O)NNC(=O)c1cccs1. The number of carbonyl (C=O) groups is 2. The molecule has 1 aromatic heterocycles. The van der Waals surface area contributed by atoms with Crippen LogP contribution in [0.25, 0.3) is 0 Å². The first kappa shape index (κ1) is 14.6. The highest BCUT2D eigenvalue weighted by atomic mass is 32.1. The Labute approximate surface area is 110 Å². The molecule has 1 heterocycles. The molecule has 0 aliphatic rings. The lowest BCUT2D eigenvalue weighted by molar-refractivity contribution is -0.123. The third kappa shape index (κ3) is 4.82. The smallest absolute Gasteiger partial charge is 0.279 e. The van der Waals surface area contributed by atoms with Crippen molar-refractivity contribution in [2.45, 2.75) is 6.92 Å². The van der Waals surface area contributed by atoms with Gasteiger partial charge in [0.1, 0.15) is 0 Å². The van der Waals surface area contributed by atoms with Gasteiger partial charge in [0.25, 0.3) is 11.8 Å². The third-order valence-electron chi connectivity index (χ3n) is 2.29. The molecular formula is C11H17N3O3S. The van der Waals surface area contributed by atoms with Crippen molar-refractivity contribution in [1.82, 2.24) is 15.8 Å². The lowest BCUT2D eigenvalue weighted by Crippen LogP contribution is -2.46. The van der Waals surface area contributed by atoms with E-state index in [1.54, 1.807) is 22.4 Å². The number of likely N-dealkylation sites (N-methyl/N-ethyl adjacent to an activating group) is 1. The number of carbonyl (C=O) groups excluding carboxylic acids is 2. The molecule has 0 saturated heterocycles. The lowest BCUT2D eigenvalue weighted by Gasteiger charge is -2.18. The molecule has 0 aliphatic carbocycles. The van der Waals surface area contributed by atoms with Crippen LogP contribution < -0.4 is 10.9 Å². The van der Waals surface area contributed by atoms with Crippen molar-refractivity contribution in [3.8, 4) is 0 Å². The summed E-state index contributed by atoms with van der Waals surface area (Å²) in [6.45, 7) is 3.13. The van der Waals surface area contributed by atoms with E-state index in [9.17, 15) is 9.59 Å². The number of thiophene rings is 1. The van der Waals surface area contributed by atoms with E-state index in [-0.39, 0.29) is 25.0 Å². The first-order valence-electron chi connectivity index (χ1n) is 5.63. The van der Waals surface area contributed by atoms with E-state index in [1.165, 1.54) is 11.3 Å². The van der Waals surface area contributed by atoms with Crippen molar-refractivity contribution < 1.29 is 14.7 Å². The number of rotatable bonds is 6. The van der Waals surface area contributed by atoms with E-state index in [4.69, 9.17) is 5.11 Å². The monoisotopic (exact) mass is 271 g/mol. The quantitative estimate of drug-likeness (QED) is 0.627. The van der Waals surface area contributed by atoms with Crippen molar-refractivity contribution in [2.75, 3.05) is 26.2 Å². The summed E-state index contributed by atoms with van der Waals surface area (Å²) in [5.41, 5.74) is 4.68. The Bertz CT molecular complexity index is 381. The number of hydrazine groups is 1. The minimum atomic E-state index is -0.330. The summed E-state index contributed by atoms with van der Waals surface area (Å²) in [7, 11) is 0. The van der Waals surface area contributed by atoms with Crippen LogP contribution in [0.2, 0.25) is 0 Å². The van der Waals surface area contributed by atoms with Gasteiger partial charge in [-0.15, -0.1) is 11.3 Å². The topological polar surface area (TPSA) is 81.7 Å². The number of aliphatic hydroxyl groups excluding tert-OH is 1. The molecule has 0 saturated carbocycles. The molecule has 0 fully saturated rings. The highest BCUT2D eigenvalue weighted by Gasteiger charge is 2.10. The number of hydrogen-bond acceptors (Lipinski definition) is 5. The number of amides is 2. The van der Waals surface area contributed by atoms with Crippen LogP contribution in [0.4, 0.5) is 0 Å². The maximum absolute atomic E-state index is 11.5. The summed E-state index contributed by atoms with van der Waals surface area (Å²) >= 11 is 1.30. The summed E-state index contributed by atoms with van der Waals surface area (Å²) in [6, 6.07) is 3.44. The van der Waals surface area contributed by atoms with Gasteiger partial charge in [-0.25, -0.2) is 0 Å². The molecule has 3 N–H and O–H groups in total. The Morgan fingerprint density at radius 2 is 2.22 bits per heavy atom. The Morgan fingerprint density at radius 1 is 1.44 bits per heavy atom. The summed E-state index contributed by atoms with van der Waals surface area (Å²) in [4.78, 5) is 25.3. The maximum atomic E-state index is 11.5. The Hall–Kier alpha value is -1.44. The molecule has 1 rings (SSSR count). The first-order valence-corrected chi connectivity index (χ1v) is 6.51. The van der Waals surface area contributed by atoms with Crippen LogP contribution in [-0.4, -0.2) is 48.1 Å². The molecule has 0 spiro atoms. The molecule has 100 valence electrons. The molecule has 6 nitrogen and oxygen atoms in total. The fraction of sp³-hybridized carbons (Fsp3) is 0.455. The third-order valence-corrected chi connectivity index (χ3v) is 3.16. The predicted molar refractivity (Wildman–Crippen MR) is 69.1 cm³/mol.